The second kappa shape index (κ2) is 7.91. The van der Waals surface area contributed by atoms with Crippen molar-refractivity contribution >= 4 is 17.3 Å². The van der Waals surface area contributed by atoms with E-state index in [0.29, 0.717) is 23.2 Å². The quantitative estimate of drug-likeness (QED) is 0.615. The first-order chi connectivity index (χ1) is 9.94. The Labute approximate surface area is 128 Å². The Balaban J connectivity index is 3.15. The number of methoxy groups -OCH3 is 1. The molecule has 0 saturated heterocycles. The predicted molar refractivity (Wildman–Crippen MR) is 88.7 cm³/mol. The molecule has 0 fully saturated rings. The van der Waals surface area contributed by atoms with Crippen molar-refractivity contribution in [2.24, 2.45) is 5.92 Å². The highest BCUT2D eigenvalue weighted by molar-refractivity contribution is 5.92. The highest BCUT2D eigenvalue weighted by Gasteiger charge is 2.20. The molecule has 0 atom stereocenters. The molecule has 118 valence electrons. The molecule has 0 radical (unpaired) electrons. The van der Waals surface area contributed by atoms with Crippen LogP contribution in [0.15, 0.2) is 18.2 Å². The van der Waals surface area contributed by atoms with Crippen molar-refractivity contribution in [1.82, 2.24) is 0 Å². The van der Waals surface area contributed by atoms with Crippen LogP contribution in [0.2, 0.25) is 0 Å². The summed E-state index contributed by atoms with van der Waals surface area (Å²) in [5.74, 6) is 0.191. The number of benzene rings is 1. The van der Waals surface area contributed by atoms with Crippen LogP contribution in [0.25, 0.3) is 0 Å². The van der Waals surface area contributed by atoms with Gasteiger partial charge < -0.3 is 15.4 Å². The zero-order valence-electron chi connectivity index (χ0n) is 13.8. The summed E-state index contributed by atoms with van der Waals surface area (Å²) in [4.78, 5) is 13.9. The number of anilines is 2. The summed E-state index contributed by atoms with van der Waals surface area (Å²) in [6, 6.07) is 5.88. The number of carbonyl (C=O) groups is 1. The maximum atomic E-state index is 11.6. The molecular weight excluding hydrogens is 264 g/mol. The number of hydrogen-bond acceptors (Lipinski definition) is 4. The van der Waals surface area contributed by atoms with Gasteiger partial charge in [0.15, 0.2) is 0 Å². The SMILES string of the molecule is CCC(CC)N(CC(C)C)c1ccc(C(=O)OC)cc1N. The number of carbonyl (C=O) groups excluding carboxylic acids is 1. The van der Waals surface area contributed by atoms with E-state index in [9.17, 15) is 4.79 Å². The Hall–Kier alpha value is -1.71. The lowest BCUT2D eigenvalue weighted by molar-refractivity contribution is 0.0601. The predicted octanol–water partition coefficient (Wildman–Crippen LogP) is 3.71. The molecular formula is C17H28N2O2. The van der Waals surface area contributed by atoms with Gasteiger partial charge in [0, 0.05) is 12.6 Å². The van der Waals surface area contributed by atoms with Crippen molar-refractivity contribution in [3.8, 4) is 0 Å². The number of ether oxygens (including phenoxy) is 1. The maximum Gasteiger partial charge on any atom is 0.337 e. The topological polar surface area (TPSA) is 55.6 Å². The van der Waals surface area contributed by atoms with E-state index in [1.807, 2.05) is 6.07 Å². The van der Waals surface area contributed by atoms with Crippen LogP contribution in [0, 0.1) is 5.92 Å². The van der Waals surface area contributed by atoms with E-state index >= 15 is 0 Å². The molecule has 0 amide bonds. The molecule has 2 N–H and O–H groups in total. The van der Waals surface area contributed by atoms with E-state index in [0.717, 1.165) is 25.1 Å². The molecule has 1 aromatic carbocycles. The third-order valence-corrected chi connectivity index (χ3v) is 3.70. The van der Waals surface area contributed by atoms with Crippen LogP contribution < -0.4 is 10.6 Å². The summed E-state index contributed by atoms with van der Waals surface area (Å²) in [7, 11) is 1.38. The fourth-order valence-corrected chi connectivity index (χ4v) is 2.63. The third kappa shape index (κ3) is 4.38. The monoisotopic (exact) mass is 292 g/mol. The van der Waals surface area contributed by atoms with Gasteiger partial charge in [0.05, 0.1) is 24.0 Å². The largest absolute Gasteiger partial charge is 0.465 e. The molecule has 0 aliphatic carbocycles. The molecule has 0 unspecified atom stereocenters. The molecule has 0 spiro atoms. The first-order valence-corrected chi connectivity index (χ1v) is 7.68. The Bertz CT molecular complexity index is 468. The molecule has 0 bridgehead atoms. The minimum atomic E-state index is -0.355. The number of rotatable bonds is 7. The fraction of sp³-hybridized carbons (Fsp3) is 0.588. The van der Waals surface area contributed by atoms with Gasteiger partial charge in [-0.2, -0.15) is 0 Å². The van der Waals surface area contributed by atoms with E-state index in [1.54, 1.807) is 12.1 Å². The number of nitrogens with zero attached hydrogens (tertiary/aromatic N) is 1. The van der Waals surface area contributed by atoms with E-state index < -0.39 is 0 Å². The molecule has 1 aromatic rings. The van der Waals surface area contributed by atoms with Crippen LogP contribution in [0.1, 0.15) is 50.9 Å². The lowest BCUT2D eigenvalue weighted by atomic mass is 10.0. The Morgan fingerprint density at radius 3 is 2.33 bits per heavy atom. The second-order valence-electron chi connectivity index (χ2n) is 5.78. The van der Waals surface area contributed by atoms with Gasteiger partial charge in [-0.3, -0.25) is 0 Å². The van der Waals surface area contributed by atoms with Gasteiger partial charge >= 0.3 is 5.97 Å². The first-order valence-electron chi connectivity index (χ1n) is 7.68. The van der Waals surface area contributed by atoms with Gasteiger partial charge in [0.1, 0.15) is 0 Å². The molecule has 21 heavy (non-hydrogen) atoms. The molecule has 0 heterocycles. The van der Waals surface area contributed by atoms with Gasteiger partial charge in [-0.15, -0.1) is 0 Å². The van der Waals surface area contributed by atoms with Crippen molar-refractivity contribution < 1.29 is 9.53 Å². The zero-order valence-corrected chi connectivity index (χ0v) is 13.8. The molecule has 0 aromatic heterocycles. The molecule has 1 rings (SSSR count). The van der Waals surface area contributed by atoms with Gasteiger partial charge in [-0.25, -0.2) is 4.79 Å². The fourth-order valence-electron chi connectivity index (χ4n) is 2.63. The molecule has 0 aliphatic heterocycles. The van der Waals surface area contributed by atoms with Crippen LogP contribution in [0.3, 0.4) is 0 Å². The zero-order chi connectivity index (χ0) is 16.0. The van der Waals surface area contributed by atoms with Gasteiger partial charge in [0.2, 0.25) is 0 Å². The maximum absolute atomic E-state index is 11.6. The van der Waals surface area contributed by atoms with E-state index in [1.165, 1.54) is 7.11 Å². The van der Waals surface area contributed by atoms with Crippen LogP contribution >= 0.6 is 0 Å². The van der Waals surface area contributed by atoms with Gasteiger partial charge in [-0.1, -0.05) is 27.7 Å². The normalized spacial score (nSPS) is 11.0. The summed E-state index contributed by atoms with van der Waals surface area (Å²) < 4.78 is 4.74. The summed E-state index contributed by atoms with van der Waals surface area (Å²) >= 11 is 0. The summed E-state index contributed by atoms with van der Waals surface area (Å²) in [6.07, 6.45) is 2.14. The first kappa shape index (κ1) is 17.3. The van der Waals surface area contributed by atoms with Gasteiger partial charge in [0.25, 0.3) is 0 Å². The summed E-state index contributed by atoms with van der Waals surface area (Å²) in [6.45, 7) is 9.75. The van der Waals surface area contributed by atoms with Crippen LogP contribution in [0.5, 0.6) is 0 Å². The lowest BCUT2D eigenvalue weighted by Crippen LogP contribution is -2.37. The van der Waals surface area contributed by atoms with Crippen LogP contribution in [0.4, 0.5) is 11.4 Å². The minimum absolute atomic E-state index is 0.355. The van der Waals surface area contributed by atoms with Crippen molar-refractivity contribution in [3.05, 3.63) is 23.8 Å². The van der Waals surface area contributed by atoms with Crippen molar-refractivity contribution in [1.29, 1.82) is 0 Å². The van der Waals surface area contributed by atoms with Crippen LogP contribution in [-0.4, -0.2) is 25.7 Å². The Kier molecular flexibility index (Phi) is 6.53. The second-order valence-corrected chi connectivity index (χ2v) is 5.78. The van der Waals surface area contributed by atoms with Gasteiger partial charge in [-0.05, 0) is 37.0 Å². The highest BCUT2D eigenvalue weighted by Crippen LogP contribution is 2.29. The number of hydrogen-bond donors (Lipinski definition) is 1. The average molecular weight is 292 g/mol. The highest BCUT2D eigenvalue weighted by atomic mass is 16.5. The Morgan fingerprint density at radius 2 is 1.90 bits per heavy atom. The average Bonchev–Trinajstić information content (AvgIpc) is 2.46. The Morgan fingerprint density at radius 1 is 1.29 bits per heavy atom. The number of nitrogen functional groups attached to an aromatic ring is 1. The van der Waals surface area contributed by atoms with Crippen molar-refractivity contribution in [2.45, 2.75) is 46.6 Å². The summed E-state index contributed by atoms with van der Waals surface area (Å²) in [5, 5.41) is 0. The number of esters is 1. The molecule has 4 nitrogen and oxygen atoms in total. The molecule has 4 heteroatoms. The summed E-state index contributed by atoms with van der Waals surface area (Å²) in [5.41, 5.74) is 8.32. The van der Waals surface area contributed by atoms with E-state index in [4.69, 9.17) is 10.5 Å². The van der Waals surface area contributed by atoms with E-state index in [2.05, 4.69) is 32.6 Å². The number of nitrogens with two attached hydrogens (primary N) is 1. The smallest absolute Gasteiger partial charge is 0.337 e. The molecule has 0 aliphatic rings. The van der Waals surface area contributed by atoms with E-state index in [-0.39, 0.29) is 5.97 Å². The van der Waals surface area contributed by atoms with Crippen LogP contribution in [-0.2, 0) is 4.74 Å². The third-order valence-electron chi connectivity index (χ3n) is 3.70. The van der Waals surface area contributed by atoms with Crippen molar-refractivity contribution in [3.63, 3.8) is 0 Å². The lowest BCUT2D eigenvalue weighted by Gasteiger charge is -2.35. The van der Waals surface area contributed by atoms with Crippen molar-refractivity contribution in [2.75, 3.05) is 24.3 Å². The molecule has 0 saturated carbocycles. The standard InChI is InChI=1S/C17H28N2O2/c1-6-14(7-2)19(11-12(3)4)16-9-8-13(10-15(16)18)17(20)21-5/h8-10,12,14H,6-7,11,18H2,1-5H3. The minimum Gasteiger partial charge on any atom is -0.465 e.